The van der Waals surface area contributed by atoms with Gasteiger partial charge >= 0.3 is 6.03 Å². The predicted molar refractivity (Wildman–Crippen MR) is 156 cm³/mol. The predicted octanol–water partition coefficient (Wildman–Crippen LogP) is 5.74. The molecule has 2 aromatic rings. The number of allylic oxidation sites excluding steroid dienone is 4. The fourth-order valence-corrected chi connectivity index (χ4v) is 6.06. The van der Waals surface area contributed by atoms with Crippen molar-refractivity contribution in [1.82, 2.24) is 20.1 Å². The summed E-state index contributed by atoms with van der Waals surface area (Å²) in [6, 6.07) is 6.91. The van der Waals surface area contributed by atoms with Gasteiger partial charge in [0.2, 0.25) is 0 Å². The van der Waals surface area contributed by atoms with E-state index in [1.807, 2.05) is 31.0 Å². The second-order valence-electron chi connectivity index (χ2n) is 10.3. The van der Waals surface area contributed by atoms with E-state index in [-0.39, 0.29) is 18.2 Å². The molecule has 0 saturated carbocycles. The van der Waals surface area contributed by atoms with Gasteiger partial charge in [0.25, 0.3) is 0 Å². The molecular weight excluding hydrogens is 492 g/mol. The van der Waals surface area contributed by atoms with Gasteiger partial charge in [0, 0.05) is 31.7 Å². The third-order valence-electron chi connectivity index (χ3n) is 7.10. The minimum absolute atomic E-state index is 0.0171. The molecule has 1 saturated heterocycles. The van der Waals surface area contributed by atoms with Gasteiger partial charge in [-0.25, -0.2) is 9.78 Å². The Morgan fingerprint density at radius 1 is 1.39 bits per heavy atom. The summed E-state index contributed by atoms with van der Waals surface area (Å²) < 4.78 is 5.87. The van der Waals surface area contributed by atoms with Crippen molar-refractivity contribution >= 4 is 17.4 Å². The zero-order valence-electron chi connectivity index (χ0n) is 22.9. The zero-order chi connectivity index (χ0) is 27.2. The molecule has 1 N–H and O–H groups in total. The van der Waals surface area contributed by atoms with Crippen LogP contribution in [-0.4, -0.2) is 60.1 Å². The number of urea groups is 1. The Morgan fingerprint density at radius 2 is 2.21 bits per heavy atom. The minimum atomic E-state index is 0.0171. The molecule has 1 fully saturated rings. The molecule has 1 aliphatic heterocycles. The first kappa shape index (κ1) is 27.7. The number of carbonyl (C=O) groups is 1. The van der Waals surface area contributed by atoms with Crippen LogP contribution in [0.2, 0.25) is 0 Å². The Morgan fingerprint density at radius 3 is 2.89 bits per heavy atom. The van der Waals surface area contributed by atoms with Crippen LogP contribution < -0.4 is 5.32 Å². The van der Waals surface area contributed by atoms with Crippen molar-refractivity contribution in [3.8, 4) is 22.8 Å². The number of benzene rings is 1. The topological polar surface area (TPSA) is 57.7 Å². The molecule has 2 aliphatic rings. The molecular formula is C31H38N4O2S. The number of thiazole rings is 1. The number of terminal acetylenes is 1. The Bertz CT molecular complexity index is 1270. The Balaban J connectivity index is 1.46. The van der Waals surface area contributed by atoms with Gasteiger partial charge in [-0.2, -0.15) is 0 Å². The van der Waals surface area contributed by atoms with Crippen LogP contribution in [0.25, 0.3) is 10.4 Å². The fourth-order valence-electron chi connectivity index (χ4n) is 5.13. The lowest BCUT2D eigenvalue weighted by molar-refractivity contribution is 0.155. The number of hydrogen-bond acceptors (Lipinski definition) is 5. The Labute approximate surface area is 231 Å². The van der Waals surface area contributed by atoms with Crippen LogP contribution in [-0.2, 0) is 17.6 Å². The number of rotatable bonds is 9. The van der Waals surface area contributed by atoms with Crippen molar-refractivity contribution < 1.29 is 9.53 Å². The summed E-state index contributed by atoms with van der Waals surface area (Å²) in [5, 5.41) is 4.29. The molecule has 200 valence electrons. The van der Waals surface area contributed by atoms with Crippen molar-refractivity contribution in [3.63, 3.8) is 0 Å². The molecule has 1 aromatic carbocycles. The van der Waals surface area contributed by atoms with Gasteiger partial charge in [0.05, 0.1) is 27.6 Å². The second kappa shape index (κ2) is 12.5. The van der Waals surface area contributed by atoms with Gasteiger partial charge in [-0.05, 0) is 70.0 Å². The highest BCUT2D eigenvalue weighted by Crippen LogP contribution is 2.39. The quantitative estimate of drug-likeness (QED) is 0.255. The van der Waals surface area contributed by atoms with Gasteiger partial charge in [-0.3, -0.25) is 0 Å². The number of fused-ring (bicyclic) bond motifs is 1. The van der Waals surface area contributed by atoms with Crippen LogP contribution >= 0.6 is 11.3 Å². The third kappa shape index (κ3) is 6.38. The number of likely N-dealkylation sites (N-methyl/N-ethyl adjacent to an activating group) is 1. The maximum atomic E-state index is 13.0. The summed E-state index contributed by atoms with van der Waals surface area (Å²) in [7, 11) is 4.16. The van der Waals surface area contributed by atoms with E-state index >= 15 is 0 Å². The monoisotopic (exact) mass is 530 g/mol. The summed E-state index contributed by atoms with van der Waals surface area (Å²) in [4.78, 5) is 22.9. The first-order valence-corrected chi connectivity index (χ1v) is 14.1. The normalized spacial score (nSPS) is 19.6. The van der Waals surface area contributed by atoms with Crippen LogP contribution in [0, 0.1) is 12.3 Å². The van der Waals surface area contributed by atoms with Crippen LogP contribution in [0.5, 0.6) is 0 Å². The van der Waals surface area contributed by atoms with Gasteiger partial charge in [-0.1, -0.05) is 42.9 Å². The Hall–Kier alpha value is -3.34. The smallest absolute Gasteiger partial charge is 0.317 e. The SMILES string of the molecule is C#CC(=C/Cc1ncc(-c2cccc3c2CCC3NC(=O)N2CCC(N(C)C)C2)s1)/C(=C\C=C)OC(C)C. The molecule has 1 aliphatic carbocycles. The number of ether oxygens (including phenoxy) is 1. The number of hydrogen-bond donors (Lipinski definition) is 1. The lowest BCUT2D eigenvalue weighted by Gasteiger charge is -2.23. The standard InChI is InChI=1S/C31H38N4O2S/c1-7-10-28(37-21(3)4)22(8-2)13-16-30-32-19-29(38-30)26-12-9-11-25-24(26)14-15-27(25)33-31(36)35-18-17-23(20-35)34(5)6/h2,7,9-13,19,21,23,27H,1,14-18,20H2,3-6H3,(H,33,36)/b22-13-,28-10+. The number of likely N-dealkylation sites (tertiary alicyclic amines) is 1. The number of nitrogens with one attached hydrogen (secondary N) is 1. The lowest BCUT2D eigenvalue weighted by Crippen LogP contribution is -2.41. The number of nitrogens with zero attached hydrogens (tertiary/aromatic N) is 3. The van der Waals surface area contributed by atoms with E-state index in [1.165, 1.54) is 16.7 Å². The van der Waals surface area contributed by atoms with Gasteiger partial charge in [-0.15, -0.1) is 17.8 Å². The van der Waals surface area contributed by atoms with Crippen molar-refractivity contribution in [2.24, 2.45) is 0 Å². The van der Waals surface area contributed by atoms with E-state index in [0.29, 0.717) is 23.8 Å². The first-order chi connectivity index (χ1) is 18.3. The molecule has 0 radical (unpaired) electrons. The van der Waals surface area contributed by atoms with Gasteiger partial charge < -0.3 is 19.9 Å². The summed E-state index contributed by atoms with van der Waals surface area (Å²) in [6.45, 7) is 9.30. The molecule has 0 spiro atoms. The lowest BCUT2D eigenvalue weighted by atomic mass is 10.0. The fraction of sp³-hybridized carbons (Fsp3) is 0.419. The van der Waals surface area contributed by atoms with Crippen LogP contribution in [0.3, 0.4) is 0 Å². The van der Waals surface area contributed by atoms with Crippen LogP contribution in [0.1, 0.15) is 48.9 Å². The zero-order valence-corrected chi connectivity index (χ0v) is 23.7. The maximum absolute atomic E-state index is 13.0. The molecule has 38 heavy (non-hydrogen) atoms. The van der Waals surface area contributed by atoms with Crippen molar-refractivity contribution in [2.45, 2.75) is 57.7 Å². The van der Waals surface area contributed by atoms with Crippen molar-refractivity contribution in [3.05, 3.63) is 76.7 Å². The minimum Gasteiger partial charge on any atom is -0.490 e. The highest BCUT2D eigenvalue weighted by molar-refractivity contribution is 7.15. The molecule has 6 nitrogen and oxygen atoms in total. The highest BCUT2D eigenvalue weighted by atomic mass is 32.1. The summed E-state index contributed by atoms with van der Waals surface area (Å²) in [5.74, 6) is 3.39. The molecule has 4 rings (SSSR count). The molecule has 0 bridgehead atoms. The van der Waals surface area contributed by atoms with Crippen LogP contribution in [0.4, 0.5) is 4.79 Å². The summed E-state index contributed by atoms with van der Waals surface area (Å²) in [5.41, 5.74) is 4.42. The number of amides is 2. The molecule has 2 amide bonds. The third-order valence-corrected chi connectivity index (χ3v) is 8.15. The van der Waals surface area contributed by atoms with E-state index < -0.39 is 0 Å². The van der Waals surface area contributed by atoms with Crippen molar-refractivity contribution in [2.75, 3.05) is 27.2 Å². The summed E-state index contributed by atoms with van der Waals surface area (Å²) in [6.07, 6.45) is 16.7. The molecule has 7 heteroatoms. The molecule has 2 unspecified atom stereocenters. The van der Waals surface area contributed by atoms with Crippen LogP contribution in [0.15, 0.2) is 60.5 Å². The Kier molecular flexibility index (Phi) is 9.09. The summed E-state index contributed by atoms with van der Waals surface area (Å²) >= 11 is 1.68. The van der Waals surface area contributed by atoms with Gasteiger partial charge in [0.15, 0.2) is 0 Å². The first-order valence-electron chi connectivity index (χ1n) is 13.3. The van der Waals surface area contributed by atoms with E-state index in [4.69, 9.17) is 11.2 Å². The second-order valence-corrected chi connectivity index (χ2v) is 11.4. The van der Waals surface area contributed by atoms with Gasteiger partial charge in [0.1, 0.15) is 5.76 Å². The van der Waals surface area contributed by atoms with Crippen molar-refractivity contribution in [1.29, 1.82) is 0 Å². The largest absolute Gasteiger partial charge is 0.490 e. The number of aromatic nitrogens is 1. The van der Waals surface area contributed by atoms with E-state index in [0.717, 1.165) is 42.2 Å². The average molecular weight is 531 g/mol. The maximum Gasteiger partial charge on any atom is 0.317 e. The molecule has 2 heterocycles. The number of carbonyl (C=O) groups excluding carboxylic acids is 1. The van der Waals surface area contributed by atoms with E-state index in [2.05, 4.69) is 60.0 Å². The van der Waals surface area contributed by atoms with E-state index in [1.54, 1.807) is 23.5 Å². The highest BCUT2D eigenvalue weighted by Gasteiger charge is 2.31. The molecule has 2 atom stereocenters. The average Bonchev–Trinajstić information content (AvgIpc) is 3.64. The molecule has 1 aromatic heterocycles. The van der Waals surface area contributed by atoms with E-state index in [9.17, 15) is 4.79 Å².